The number of alkyl carbamates (subject to hydrolysis) is 1. The summed E-state index contributed by atoms with van der Waals surface area (Å²) in [6.07, 6.45) is -0.803. The van der Waals surface area contributed by atoms with Crippen LogP contribution in [0, 0.1) is 11.2 Å². The highest BCUT2D eigenvalue weighted by Gasteiger charge is 2.26. The number of benzene rings is 3. The number of amidine groups is 1. The SMILES string of the molecule is CC(=N)C(NC(=O)OC(C)c1ccccc1F)C(=O)c1ccc(Cc2ccc(CC(N)=NC(C)=O)cc2)cc1. The summed E-state index contributed by atoms with van der Waals surface area (Å²) < 4.78 is 19.2. The number of rotatable bonds is 10. The molecule has 8 nitrogen and oxygen atoms in total. The molecule has 0 aliphatic carbocycles. The molecule has 0 aromatic heterocycles. The zero-order valence-corrected chi connectivity index (χ0v) is 22.0. The molecule has 0 aliphatic heterocycles. The first-order valence-electron chi connectivity index (χ1n) is 12.3. The van der Waals surface area contributed by atoms with Gasteiger partial charge in [-0.05, 0) is 43.0 Å². The minimum atomic E-state index is -1.22. The summed E-state index contributed by atoms with van der Waals surface area (Å²) in [5, 5.41) is 10.4. The van der Waals surface area contributed by atoms with Crippen molar-refractivity contribution < 1.29 is 23.5 Å². The number of ketones is 1. The predicted octanol–water partition coefficient (Wildman–Crippen LogP) is 4.94. The van der Waals surface area contributed by atoms with Crippen LogP contribution >= 0.6 is 0 Å². The number of ether oxygens (including phenoxy) is 1. The third kappa shape index (κ3) is 8.43. The van der Waals surface area contributed by atoms with Crippen LogP contribution in [-0.4, -0.2) is 35.4 Å². The van der Waals surface area contributed by atoms with Crippen LogP contribution < -0.4 is 11.1 Å². The number of nitrogens with two attached hydrogens (primary N) is 1. The molecule has 3 rings (SSSR count). The van der Waals surface area contributed by atoms with Crippen molar-refractivity contribution >= 4 is 29.3 Å². The van der Waals surface area contributed by atoms with Crippen molar-refractivity contribution in [2.24, 2.45) is 10.7 Å². The van der Waals surface area contributed by atoms with Crippen molar-refractivity contribution in [3.8, 4) is 0 Å². The lowest BCUT2D eigenvalue weighted by molar-refractivity contribution is -0.115. The van der Waals surface area contributed by atoms with Crippen molar-refractivity contribution in [3.05, 3.63) is 106 Å². The van der Waals surface area contributed by atoms with Gasteiger partial charge >= 0.3 is 6.09 Å². The average molecular weight is 531 g/mol. The Hall–Kier alpha value is -4.66. The normalized spacial score (nSPS) is 12.8. The number of aliphatic imine (C=N–C) groups is 1. The summed E-state index contributed by atoms with van der Waals surface area (Å²) in [6.45, 7) is 4.29. The van der Waals surface area contributed by atoms with Crippen LogP contribution in [0.1, 0.15) is 59.5 Å². The van der Waals surface area contributed by atoms with E-state index in [0.29, 0.717) is 18.4 Å². The fourth-order valence-electron chi connectivity index (χ4n) is 3.97. The number of hydrogen-bond donors (Lipinski definition) is 3. The number of halogens is 1. The van der Waals surface area contributed by atoms with E-state index in [1.54, 1.807) is 18.2 Å². The smallest absolute Gasteiger partial charge is 0.408 e. The largest absolute Gasteiger partial charge is 0.442 e. The predicted molar refractivity (Wildman–Crippen MR) is 148 cm³/mol. The molecular weight excluding hydrogens is 499 g/mol. The van der Waals surface area contributed by atoms with Crippen LogP contribution in [0.2, 0.25) is 0 Å². The van der Waals surface area contributed by atoms with Crippen molar-refractivity contribution in [3.63, 3.8) is 0 Å². The summed E-state index contributed by atoms with van der Waals surface area (Å²) in [5.41, 5.74) is 9.18. The minimum Gasteiger partial charge on any atom is -0.442 e. The van der Waals surface area contributed by atoms with Gasteiger partial charge in [0.2, 0.25) is 5.91 Å². The van der Waals surface area contributed by atoms with E-state index < -0.39 is 29.8 Å². The van der Waals surface area contributed by atoms with E-state index in [4.69, 9.17) is 15.9 Å². The first-order valence-corrected chi connectivity index (χ1v) is 12.3. The molecule has 0 fully saturated rings. The average Bonchev–Trinajstić information content (AvgIpc) is 2.88. The molecule has 0 heterocycles. The highest BCUT2D eigenvalue weighted by Crippen LogP contribution is 2.20. The molecule has 0 aliphatic rings. The van der Waals surface area contributed by atoms with Gasteiger partial charge in [0.25, 0.3) is 0 Å². The number of carbonyl (C=O) groups excluding carboxylic acids is 3. The lowest BCUT2D eigenvalue weighted by atomic mass is 9.97. The molecule has 2 atom stereocenters. The van der Waals surface area contributed by atoms with Crippen LogP contribution in [0.5, 0.6) is 0 Å². The van der Waals surface area contributed by atoms with Gasteiger partial charge < -0.3 is 21.2 Å². The maximum atomic E-state index is 14.0. The van der Waals surface area contributed by atoms with Gasteiger partial charge in [0.1, 0.15) is 23.8 Å². The molecule has 202 valence electrons. The van der Waals surface area contributed by atoms with Gasteiger partial charge in [-0.25, -0.2) is 14.2 Å². The highest BCUT2D eigenvalue weighted by molar-refractivity contribution is 6.15. The molecule has 3 aromatic rings. The van der Waals surface area contributed by atoms with Crippen molar-refractivity contribution in [2.75, 3.05) is 0 Å². The second-order valence-corrected chi connectivity index (χ2v) is 9.18. The van der Waals surface area contributed by atoms with Crippen molar-refractivity contribution in [2.45, 2.75) is 45.8 Å². The third-order valence-electron chi connectivity index (χ3n) is 5.94. The molecule has 2 unspecified atom stereocenters. The second-order valence-electron chi connectivity index (χ2n) is 9.18. The molecule has 0 radical (unpaired) electrons. The number of carbonyl (C=O) groups is 3. The van der Waals surface area contributed by atoms with Crippen LogP contribution in [0.3, 0.4) is 0 Å². The molecule has 9 heteroatoms. The zero-order valence-electron chi connectivity index (χ0n) is 22.0. The standard InChI is InChI=1S/C30H31FN4O4/c1-18(32)28(35-30(38)39-19(2)25-6-4-5-7-26(25)31)29(37)24-14-12-22(13-15-24)16-21-8-10-23(11-9-21)17-27(33)34-20(3)36/h4-15,19,28,32H,16-17H2,1-3H3,(H,35,38)(H2,33,34,36). The summed E-state index contributed by atoms with van der Waals surface area (Å²) in [4.78, 5) is 40.3. The Morgan fingerprint density at radius 3 is 2.08 bits per heavy atom. The molecule has 2 amide bonds. The topological polar surface area (TPSA) is 135 Å². The van der Waals surface area contributed by atoms with E-state index in [-0.39, 0.29) is 23.0 Å². The third-order valence-corrected chi connectivity index (χ3v) is 5.94. The van der Waals surface area contributed by atoms with Crippen LogP contribution in [0.4, 0.5) is 9.18 Å². The Bertz CT molecular complexity index is 1380. The molecule has 0 spiro atoms. The monoisotopic (exact) mass is 530 g/mol. The van der Waals surface area contributed by atoms with Gasteiger partial charge in [0, 0.05) is 30.2 Å². The lowest BCUT2D eigenvalue weighted by Gasteiger charge is -2.19. The second kappa shape index (κ2) is 13.2. The fourth-order valence-corrected chi connectivity index (χ4v) is 3.97. The molecular formula is C30H31FN4O4. The van der Waals surface area contributed by atoms with Gasteiger partial charge in [0.05, 0.1) is 0 Å². The van der Waals surface area contributed by atoms with Crippen LogP contribution in [-0.2, 0) is 22.4 Å². The first-order chi connectivity index (χ1) is 18.5. The zero-order chi connectivity index (χ0) is 28.5. The van der Waals surface area contributed by atoms with E-state index >= 15 is 0 Å². The minimum absolute atomic E-state index is 0.0614. The maximum absolute atomic E-state index is 14.0. The Balaban J connectivity index is 1.61. The fraction of sp³-hybridized carbons (Fsp3) is 0.233. The van der Waals surface area contributed by atoms with E-state index in [1.807, 2.05) is 36.4 Å². The molecule has 0 saturated carbocycles. The lowest BCUT2D eigenvalue weighted by Crippen LogP contribution is -2.45. The van der Waals surface area contributed by atoms with Gasteiger partial charge in [-0.15, -0.1) is 0 Å². The Morgan fingerprint density at radius 1 is 0.949 bits per heavy atom. The van der Waals surface area contributed by atoms with Gasteiger partial charge in [-0.3, -0.25) is 9.59 Å². The first kappa shape index (κ1) is 28.9. The maximum Gasteiger partial charge on any atom is 0.408 e. The highest BCUT2D eigenvalue weighted by atomic mass is 19.1. The van der Waals surface area contributed by atoms with E-state index in [1.165, 1.54) is 39.0 Å². The number of nitrogens with zero attached hydrogens (tertiary/aromatic N) is 1. The number of hydrogen-bond acceptors (Lipinski definition) is 5. The van der Waals surface area contributed by atoms with Crippen molar-refractivity contribution in [1.29, 1.82) is 5.41 Å². The summed E-state index contributed by atoms with van der Waals surface area (Å²) in [5.74, 6) is -1.04. The van der Waals surface area contributed by atoms with E-state index in [9.17, 15) is 18.8 Å². The summed E-state index contributed by atoms with van der Waals surface area (Å²) >= 11 is 0. The Morgan fingerprint density at radius 2 is 1.51 bits per heavy atom. The summed E-state index contributed by atoms with van der Waals surface area (Å²) in [6, 6.07) is 19.4. The van der Waals surface area contributed by atoms with Crippen LogP contribution in [0.25, 0.3) is 0 Å². The van der Waals surface area contributed by atoms with Crippen LogP contribution in [0.15, 0.2) is 77.8 Å². The molecule has 0 saturated heterocycles. The van der Waals surface area contributed by atoms with E-state index in [0.717, 1.165) is 16.7 Å². The number of nitrogens with one attached hydrogen (secondary N) is 2. The Labute approximate surface area is 226 Å². The summed E-state index contributed by atoms with van der Waals surface area (Å²) in [7, 11) is 0. The van der Waals surface area contributed by atoms with Gasteiger partial charge in [-0.1, -0.05) is 66.7 Å². The Kier molecular flexibility index (Phi) is 9.80. The quantitative estimate of drug-likeness (QED) is 0.194. The molecule has 0 bridgehead atoms. The molecule has 3 aromatic carbocycles. The van der Waals surface area contributed by atoms with Gasteiger partial charge in [-0.2, -0.15) is 0 Å². The van der Waals surface area contributed by atoms with E-state index in [2.05, 4.69) is 10.3 Å². The molecule has 39 heavy (non-hydrogen) atoms. The van der Waals surface area contributed by atoms with Crippen molar-refractivity contribution in [1.82, 2.24) is 5.32 Å². The molecule has 4 N–H and O–H groups in total. The number of amides is 2. The number of Topliss-reactive ketones (excluding diaryl/α,β-unsaturated/α-hetero) is 1. The van der Waals surface area contributed by atoms with Gasteiger partial charge in [0.15, 0.2) is 5.78 Å².